The van der Waals surface area contributed by atoms with Crippen LogP contribution in [0.15, 0.2) is 83.1 Å². The van der Waals surface area contributed by atoms with Gasteiger partial charge in [-0.15, -0.1) is 6.58 Å². The van der Waals surface area contributed by atoms with E-state index in [1.54, 1.807) is 41.5 Å². The summed E-state index contributed by atoms with van der Waals surface area (Å²) in [5, 5.41) is 0.441. The Bertz CT molecular complexity index is 1460. The first kappa shape index (κ1) is 35.0. The van der Waals surface area contributed by atoms with Gasteiger partial charge in [-0.05, 0) is 73.0 Å². The monoisotopic (exact) mass is 661 g/mol. The molecule has 2 aromatic rings. The highest BCUT2D eigenvalue weighted by Crippen LogP contribution is 2.57. The molecule has 4 rings (SSSR count). The molecule has 244 valence electrons. The lowest BCUT2D eigenvalue weighted by molar-refractivity contribution is -0.156. The largest absolute Gasteiger partial charge is 0.416 e. The molecule has 7 nitrogen and oxygen atoms in total. The van der Waals surface area contributed by atoms with Gasteiger partial charge >= 0.3 is 0 Å². The number of allylic oxidation sites excluding steroid dienone is 1. The van der Waals surface area contributed by atoms with Crippen molar-refractivity contribution in [2.24, 2.45) is 0 Å². The fraction of sp³-hybridized carbons (Fsp3) is 0.588. The standard InChI is InChI=1S/C34H51NO6S2Si/c1-8-9-22-33(23-16-17-24-40-44(27(2)3,28(4)5)29(6)7)26-34(43(38,39)31-20-14-11-15-21-31)32(25-35(33)41-34)42(36,37)30-18-12-10-13-19-30/h8,10-15,18-21,27-29,32H,1,9,16-17,22-26H2,2-7H3/t32-,33?,34+/m1/s1. The third-order valence-corrected chi connectivity index (χ3v) is 20.8. The quantitative estimate of drug-likeness (QED) is 0.103. The average Bonchev–Trinajstić information content (AvgIpc) is 3.55. The molecule has 0 spiro atoms. The third-order valence-electron chi connectivity index (χ3n) is 10.1. The number of hydroxylamine groups is 2. The Morgan fingerprint density at radius 2 is 1.43 bits per heavy atom. The molecule has 0 radical (unpaired) electrons. The zero-order valence-electron chi connectivity index (χ0n) is 27.2. The van der Waals surface area contributed by atoms with E-state index in [1.807, 2.05) is 6.08 Å². The molecule has 10 heteroatoms. The summed E-state index contributed by atoms with van der Waals surface area (Å²) in [6.45, 7) is 18.3. The minimum atomic E-state index is -4.22. The van der Waals surface area contributed by atoms with Gasteiger partial charge in [0.2, 0.25) is 14.8 Å². The van der Waals surface area contributed by atoms with Crippen LogP contribution < -0.4 is 0 Å². The zero-order chi connectivity index (χ0) is 32.4. The third kappa shape index (κ3) is 6.02. The van der Waals surface area contributed by atoms with E-state index in [1.165, 1.54) is 24.3 Å². The summed E-state index contributed by atoms with van der Waals surface area (Å²) >= 11 is 0. The Balaban J connectivity index is 1.65. The van der Waals surface area contributed by atoms with E-state index in [-0.39, 0.29) is 22.8 Å². The van der Waals surface area contributed by atoms with Crippen LogP contribution in [0.1, 0.15) is 80.1 Å². The lowest BCUT2D eigenvalue weighted by Crippen LogP contribution is -2.57. The van der Waals surface area contributed by atoms with Crippen molar-refractivity contribution in [3.63, 3.8) is 0 Å². The second-order valence-corrected chi connectivity index (χ2v) is 23.2. The number of unbranched alkanes of at least 4 members (excludes halogenated alkanes) is 1. The number of hydrogen-bond acceptors (Lipinski definition) is 7. The maximum atomic E-state index is 14.5. The molecule has 2 aliphatic heterocycles. The van der Waals surface area contributed by atoms with Crippen LogP contribution in [0.4, 0.5) is 0 Å². The molecular weight excluding hydrogens is 611 g/mol. The van der Waals surface area contributed by atoms with E-state index in [9.17, 15) is 16.8 Å². The summed E-state index contributed by atoms with van der Waals surface area (Å²) in [5.74, 6) is 0. The van der Waals surface area contributed by atoms with Crippen LogP contribution in [0.2, 0.25) is 16.6 Å². The van der Waals surface area contributed by atoms with Gasteiger partial charge in [-0.3, -0.25) is 4.84 Å². The smallest absolute Gasteiger partial charge is 0.214 e. The van der Waals surface area contributed by atoms with Crippen LogP contribution in [0.25, 0.3) is 0 Å². The lowest BCUT2D eigenvalue weighted by Gasteiger charge is -2.42. The van der Waals surface area contributed by atoms with Crippen molar-refractivity contribution in [3.8, 4) is 0 Å². The van der Waals surface area contributed by atoms with Crippen molar-refractivity contribution in [2.45, 2.75) is 122 Å². The van der Waals surface area contributed by atoms with Gasteiger partial charge in [0.15, 0.2) is 18.2 Å². The van der Waals surface area contributed by atoms with Crippen molar-refractivity contribution < 1.29 is 26.1 Å². The molecule has 0 saturated carbocycles. The highest BCUT2D eigenvalue weighted by atomic mass is 32.2. The average molecular weight is 662 g/mol. The van der Waals surface area contributed by atoms with Crippen LogP contribution in [0, 0.1) is 0 Å². The van der Waals surface area contributed by atoms with E-state index >= 15 is 0 Å². The van der Waals surface area contributed by atoms with E-state index in [0.29, 0.717) is 42.5 Å². The number of benzene rings is 2. The van der Waals surface area contributed by atoms with Crippen LogP contribution in [-0.2, 0) is 28.9 Å². The molecule has 0 N–H and O–H groups in total. The van der Waals surface area contributed by atoms with E-state index < -0.39 is 43.7 Å². The van der Waals surface area contributed by atoms with Gasteiger partial charge in [0, 0.05) is 19.6 Å². The van der Waals surface area contributed by atoms with Gasteiger partial charge in [-0.25, -0.2) is 16.8 Å². The number of rotatable bonds is 16. The van der Waals surface area contributed by atoms with Crippen LogP contribution in [0.5, 0.6) is 0 Å². The van der Waals surface area contributed by atoms with Crippen LogP contribution in [0.3, 0.4) is 0 Å². The van der Waals surface area contributed by atoms with Gasteiger partial charge < -0.3 is 4.43 Å². The van der Waals surface area contributed by atoms with Gasteiger partial charge in [-0.1, -0.05) is 84.0 Å². The molecule has 0 aromatic heterocycles. The zero-order valence-corrected chi connectivity index (χ0v) is 29.9. The summed E-state index contributed by atoms with van der Waals surface area (Å²) in [4.78, 5) is 4.66. The summed E-state index contributed by atoms with van der Waals surface area (Å²) in [7, 11) is -10.3. The molecule has 0 amide bonds. The summed E-state index contributed by atoms with van der Waals surface area (Å²) in [6.07, 6.45) is 5.53. The molecule has 2 aliphatic rings. The molecule has 0 aliphatic carbocycles. The second kappa shape index (κ2) is 13.5. The Morgan fingerprint density at radius 3 is 1.95 bits per heavy atom. The lowest BCUT2D eigenvalue weighted by atomic mass is 9.80. The number of sulfone groups is 2. The van der Waals surface area contributed by atoms with E-state index in [0.717, 1.165) is 12.8 Å². The molecule has 4 atom stereocenters. The van der Waals surface area contributed by atoms with Gasteiger partial charge in [0.1, 0.15) is 5.25 Å². The Kier molecular flexibility index (Phi) is 10.7. The van der Waals surface area contributed by atoms with Crippen molar-refractivity contribution >= 4 is 28.0 Å². The first-order valence-corrected chi connectivity index (χ1v) is 21.2. The van der Waals surface area contributed by atoms with Gasteiger partial charge in [0.05, 0.1) is 15.3 Å². The van der Waals surface area contributed by atoms with Gasteiger partial charge in [0.25, 0.3) is 0 Å². The molecule has 2 aromatic carbocycles. The molecule has 44 heavy (non-hydrogen) atoms. The predicted molar refractivity (Wildman–Crippen MR) is 179 cm³/mol. The second-order valence-electron chi connectivity index (χ2n) is 13.5. The van der Waals surface area contributed by atoms with E-state index in [4.69, 9.17) is 9.26 Å². The Hall–Kier alpha value is -1.82. The van der Waals surface area contributed by atoms with Crippen molar-refractivity contribution in [3.05, 3.63) is 73.3 Å². The number of nitrogens with zero attached hydrogens (tertiary/aromatic N) is 1. The Morgan fingerprint density at radius 1 is 0.886 bits per heavy atom. The first-order chi connectivity index (χ1) is 20.7. The summed E-state index contributed by atoms with van der Waals surface area (Å²) < 4.78 is 64.0. The molecule has 2 unspecified atom stereocenters. The van der Waals surface area contributed by atoms with Crippen molar-refractivity contribution in [1.29, 1.82) is 0 Å². The van der Waals surface area contributed by atoms with Gasteiger partial charge in [-0.2, -0.15) is 5.06 Å². The molecule has 2 bridgehead atoms. The topological polar surface area (TPSA) is 90.0 Å². The predicted octanol–water partition coefficient (Wildman–Crippen LogP) is 7.72. The van der Waals surface area contributed by atoms with E-state index in [2.05, 4.69) is 48.1 Å². The van der Waals surface area contributed by atoms with Crippen molar-refractivity contribution in [1.82, 2.24) is 5.06 Å². The number of fused-ring (bicyclic) bond motifs is 2. The number of hydrogen-bond donors (Lipinski definition) is 0. The summed E-state index contributed by atoms with van der Waals surface area (Å²) in [5.41, 5.74) is 0.857. The fourth-order valence-corrected chi connectivity index (χ4v) is 18.0. The fourth-order valence-electron chi connectivity index (χ4n) is 8.01. The molecular formula is C34H51NO6S2Si. The molecule has 2 heterocycles. The first-order valence-electron chi connectivity index (χ1n) is 16.0. The van der Waals surface area contributed by atoms with Crippen LogP contribution in [-0.4, -0.2) is 59.1 Å². The summed E-state index contributed by atoms with van der Waals surface area (Å²) in [6, 6.07) is 16.2. The van der Waals surface area contributed by atoms with Crippen LogP contribution >= 0.6 is 0 Å². The maximum absolute atomic E-state index is 14.5. The maximum Gasteiger partial charge on any atom is 0.214 e. The minimum Gasteiger partial charge on any atom is -0.416 e. The SMILES string of the molecule is C=CCCC1(CCCCO[Si](C(C)C)(C(C)C)C(C)C)C[C@@]2(S(=O)(=O)c3ccccc3)ON1C[C@H]2S(=O)(=O)c1ccccc1. The highest BCUT2D eigenvalue weighted by Gasteiger charge is 2.73. The highest BCUT2D eigenvalue weighted by molar-refractivity contribution is 7.96. The number of piperidine rings is 1. The molecule has 2 fully saturated rings. The minimum absolute atomic E-state index is 0.0129. The Labute approximate surface area is 267 Å². The normalized spacial score (nSPS) is 25.8. The van der Waals surface area contributed by atoms with Crippen molar-refractivity contribution in [2.75, 3.05) is 13.2 Å². The molecule has 2 saturated heterocycles.